The third-order valence-corrected chi connectivity index (χ3v) is 5.05. The van der Waals surface area contributed by atoms with Crippen LogP contribution in [0.15, 0.2) is 30.3 Å². The highest BCUT2D eigenvalue weighted by molar-refractivity contribution is 5.96. The summed E-state index contributed by atoms with van der Waals surface area (Å²) >= 11 is 0. The summed E-state index contributed by atoms with van der Waals surface area (Å²) in [6.45, 7) is 5.32. The van der Waals surface area contributed by atoms with Crippen molar-refractivity contribution < 1.29 is 47.7 Å². The Bertz CT molecular complexity index is 1020. The van der Waals surface area contributed by atoms with Gasteiger partial charge in [-0.3, -0.25) is 24.6 Å². The molecular formula is C24H32N4O10. The number of rotatable bonds is 12. The van der Waals surface area contributed by atoms with Crippen molar-refractivity contribution in [2.75, 3.05) is 19.8 Å². The molecule has 1 aromatic carbocycles. The molecule has 0 saturated carbocycles. The fourth-order valence-electron chi connectivity index (χ4n) is 3.01. The molecule has 1 aliphatic rings. The van der Waals surface area contributed by atoms with Crippen LogP contribution in [0.2, 0.25) is 0 Å². The van der Waals surface area contributed by atoms with Crippen molar-refractivity contribution in [1.29, 1.82) is 0 Å². The van der Waals surface area contributed by atoms with Crippen molar-refractivity contribution in [3.63, 3.8) is 0 Å². The van der Waals surface area contributed by atoms with Crippen LogP contribution in [-0.4, -0.2) is 84.8 Å². The molecule has 1 aliphatic heterocycles. The van der Waals surface area contributed by atoms with Crippen molar-refractivity contribution >= 4 is 35.8 Å². The average molecular weight is 537 g/mol. The van der Waals surface area contributed by atoms with E-state index in [1.165, 1.54) is 13.8 Å². The van der Waals surface area contributed by atoms with Gasteiger partial charge in [-0.1, -0.05) is 30.3 Å². The zero-order valence-electron chi connectivity index (χ0n) is 21.6. The van der Waals surface area contributed by atoms with Gasteiger partial charge in [-0.2, -0.15) is 0 Å². The minimum absolute atomic E-state index is 0.00584. The van der Waals surface area contributed by atoms with Crippen LogP contribution < -0.4 is 16.1 Å². The lowest BCUT2D eigenvalue weighted by Gasteiger charge is -2.24. The second kappa shape index (κ2) is 14.5. The van der Waals surface area contributed by atoms with Crippen LogP contribution in [0, 0.1) is 0 Å². The zero-order chi connectivity index (χ0) is 28.2. The number of nitrogens with one attached hydrogen (secondary N) is 3. The maximum atomic E-state index is 12.8. The molecule has 1 fully saturated rings. The molecule has 2 rings (SSSR count). The maximum absolute atomic E-state index is 12.8. The van der Waals surface area contributed by atoms with E-state index in [1.807, 2.05) is 6.07 Å². The van der Waals surface area contributed by atoms with Crippen molar-refractivity contribution in [3.8, 4) is 0 Å². The number of epoxide rings is 1. The minimum atomic E-state index is -1.25. The first-order chi connectivity index (χ1) is 18.1. The number of alkyl carbamates (subject to hydrolysis) is 1. The zero-order valence-corrected chi connectivity index (χ0v) is 21.6. The van der Waals surface area contributed by atoms with Gasteiger partial charge in [-0.05, 0) is 33.3 Å². The van der Waals surface area contributed by atoms with Crippen LogP contribution in [0.1, 0.15) is 33.3 Å². The van der Waals surface area contributed by atoms with Gasteiger partial charge in [0.2, 0.25) is 5.91 Å². The van der Waals surface area contributed by atoms with Crippen LogP contribution in [0.3, 0.4) is 0 Å². The van der Waals surface area contributed by atoms with Crippen LogP contribution in [0.25, 0.3) is 0 Å². The Morgan fingerprint density at radius 3 is 2.13 bits per heavy atom. The van der Waals surface area contributed by atoms with Gasteiger partial charge >= 0.3 is 18.0 Å². The van der Waals surface area contributed by atoms with Crippen LogP contribution in [0.5, 0.6) is 0 Å². The number of hydrogen-bond donors (Lipinski definition) is 3. The van der Waals surface area contributed by atoms with Gasteiger partial charge in [0.1, 0.15) is 25.2 Å². The Morgan fingerprint density at radius 1 is 0.868 bits per heavy atom. The number of benzene rings is 1. The van der Waals surface area contributed by atoms with Crippen molar-refractivity contribution in [2.45, 2.75) is 58.6 Å². The molecule has 14 nitrogen and oxygen atoms in total. The molecule has 1 heterocycles. The number of carbonyl (C=O) groups excluding carboxylic acids is 6. The lowest BCUT2D eigenvalue weighted by atomic mass is 10.2. The third-order valence-electron chi connectivity index (χ3n) is 5.05. The van der Waals surface area contributed by atoms with Gasteiger partial charge in [0.15, 0.2) is 12.2 Å². The Balaban J connectivity index is 1.89. The minimum Gasteiger partial charge on any atom is -0.465 e. The first-order valence-corrected chi connectivity index (χ1v) is 11.9. The second-order valence-electron chi connectivity index (χ2n) is 8.09. The van der Waals surface area contributed by atoms with Crippen molar-refractivity contribution in [3.05, 3.63) is 35.9 Å². The Morgan fingerprint density at radius 2 is 1.50 bits per heavy atom. The largest absolute Gasteiger partial charge is 0.465 e. The normalized spacial score (nSPS) is 17.2. The highest BCUT2D eigenvalue weighted by atomic mass is 16.6. The highest BCUT2D eigenvalue weighted by Gasteiger charge is 2.53. The van der Waals surface area contributed by atoms with Crippen LogP contribution in [-0.2, 0) is 49.5 Å². The second-order valence-corrected chi connectivity index (χ2v) is 8.09. The van der Waals surface area contributed by atoms with E-state index in [2.05, 4.69) is 16.1 Å². The molecule has 0 aromatic heterocycles. The summed E-state index contributed by atoms with van der Waals surface area (Å²) in [5.74, 6) is -4.02. The monoisotopic (exact) mass is 536 g/mol. The first kappa shape index (κ1) is 30.0. The van der Waals surface area contributed by atoms with Gasteiger partial charge in [0.05, 0.1) is 13.2 Å². The van der Waals surface area contributed by atoms with E-state index in [4.69, 9.17) is 18.9 Å². The summed E-state index contributed by atoms with van der Waals surface area (Å²) in [5, 5.41) is 5.39. The molecule has 4 atom stereocenters. The molecular weight excluding hydrogens is 504 g/mol. The molecule has 4 unspecified atom stereocenters. The average Bonchev–Trinajstić information content (AvgIpc) is 3.68. The quantitative estimate of drug-likeness (QED) is 0.137. The summed E-state index contributed by atoms with van der Waals surface area (Å²) in [4.78, 5) is 73.6. The van der Waals surface area contributed by atoms with Crippen LogP contribution >= 0.6 is 0 Å². The van der Waals surface area contributed by atoms with Gasteiger partial charge in [0, 0.05) is 0 Å². The fourth-order valence-corrected chi connectivity index (χ4v) is 3.01. The molecule has 0 bridgehead atoms. The lowest BCUT2D eigenvalue weighted by molar-refractivity contribution is -0.154. The Kier molecular flexibility index (Phi) is 11.5. The molecule has 1 aromatic rings. The fraction of sp³-hybridized carbons (Fsp3) is 0.500. The molecule has 3 N–H and O–H groups in total. The SMILES string of the molecule is CCOC(=O)CN(NC(=O)C(C)NC(=O)C(C)NC(=O)OCc1ccccc1)C(=O)C1OC1C(=O)OCC. The number of esters is 2. The number of carbonyl (C=O) groups is 6. The smallest absolute Gasteiger partial charge is 0.408 e. The topological polar surface area (TPSA) is 182 Å². The third kappa shape index (κ3) is 9.35. The molecule has 14 heteroatoms. The molecule has 0 spiro atoms. The van der Waals surface area contributed by atoms with Gasteiger partial charge in [0.25, 0.3) is 11.8 Å². The lowest BCUT2D eigenvalue weighted by Crippen LogP contribution is -2.57. The molecule has 38 heavy (non-hydrogen) atoms. The van der Waals surface area contributed by atoms with E-state index in [-0.39, 0.29) is 19.8 Å². The van der Waals surface area contributed by atoms with E-state index >= 15 is 0 Å². The summed E-state index contributed by atoms with van der Waals surface area (Å²) in [7, 11) is 0. The summed E-state index contributed by atoms with van der Waals surface area (Å²) in [6, 6.07) is 6.69. The molecule has 0 radical (unpaired) electrons. The predicted octanol–water partition coefficient (Wildman–Crippen LogP) is -0.441. The summed E-state index contributed by atoms with van der Waals surface area (Å²) in [6.07, 6.45) is -3.24. The Hall–Kier alpha value is -4.20. The van der Waals surface area contributed by atoms with Crippen LogP contribution in [0.4, 0.5) is 4.79 Å². The van der Waals surface area contributed by atoms with E-state index in [1.54, 1.807) is 38.1 Å². The van der Waals surface area contributed by atoms with E-state index in [0.29, 0.717) is 5.01 Å². The number of amides is 4. The molecule has 0 aliphatic carbocycles. The number of hydrazine groups is 1. The number of ether oxygens (including phenoxy) is 4. The van der Waals surface area contributed by atoms with Gasteiger partial charge in [-0.25, -0.2) is 14.6 Å². The summed E-state index contributed by atoms with van der Waals surface area (Å²) < 4.78 is 19.7. The maximum Gasteiger partial charge on any atom is 0.408 e. The van der Waals surface area contributed by atoms with E-state index in [0.717, 1.165) is 5.56 Å². The van der Waals surface area contributed by atoms with Gasteiger partial charge in [-0.15, -0.1) is 0 Å². The number of hydrogen-bond acceptors (Lipinski definition) is 10. The summed E-state index contributed by atoms with van der Waals surface area (Å²) in [5.41, 5.74) is 2.99. The first-order valence-electron chi connectivity index (χ1n) is 11.9. The highest BCUT2D eigenvalue weighted by Crippen LogP contribution is 2.25. The van der Waals surface area contributed by atoms with E-state index in [9.17, 15) is 28.8 Å². The predicted molar refractivity (Wildman–Crippen MR) is 129 cm³/mol. The van der Waals surface area contributed by atoms with Crippen molar-refractivity contribution in [1.82, 2.24) is 21.1 Å². The van der Waals surface area contributed by atoms with E-state index < -0.39 is 66.6 Å². The molecule has 1 saturated heterocycles. The van der Waals surface area contributed by atoms with Gasteiger partial charge < -0.3 is 29.6 Å². The number of nitrogens with zero attached hydrogens (tertiary/aromatic N) is 1. The molecule has 208 valence electrons. The van der Waals surface area contributed by atoms with Crippen molar-refractivity contribution in [2.24, 2.45) is 0 Å². The standard InChI is InChI=1S/C24H32N4O10/c1-5-35-17(29)12-28(22(32)18-19(38-18)23(33)36-6-2)27-21(31)15(4)25-20(30)14(3)26-24(34)37-13-16-10-8-7-9-11-16/h7-11,14-15,18-19H,5-6,12-13H2,1-4H3,(H,25,30)(H,26,34)(H,27,31). The Labute approximate surface area is 219 Å². The molecule has 4 amide bonds.